The first kappa shape index (κ1) is 18.7. The Balaban J connectivity index is 0.00000182. The van der Waals surface area contributed by atoms with Crippen molar-refractivity contribution in [2.24, 2.45) is 17.8 Å². The summed E-state index contributed by atoms with van der Waals surface area (Å²) in [7, 11) is 2.25. The molecule has 3 fully saturated rings. The van der Waals surface area contributed by atoms with Gasteiger partial charge in [-0.15, -0.1) is 12.4 Å². The molecule has 1 aliphatic carbocycles. The number of halogens is 1. The van der Waals surface area contributed by atoms with Crippen molar-refractivity contribution in [3.05, 3.63) is 35.4 Å². The lowest BCUT2D eigenvalue weighted by atomic mass is 9.88. The van der Waals surface area contributed by atoms with Crippen molar-refractivity contribution in [3.8, 4) is 0 Å². The van der Waals surface area contributed by atoms with E-state index in [1.165, 1.54) is 36.8 Å². The molecule has 2 aliphatic heterocycles. The monoisotopic (exact) mass is 362 g/mol. The molecule has 1 amide bonds. The molecule has 3 nitrogen and oxygen atoms in total. The van der Waals surface area contributed by atoms with Crippen molar-refractivity contribution in [2.45, 2.75) is 45.1 Å². The van der Waals surface area contributed by atoms with Crippen LogP contribution in [0, 0.1) is 24.7 Å². The summed E-state index contributed by atoms with van der Waals surface area (Å²) in [6.45, 7) is 5.27. The standard InChI is InChI=1S/C21H30N2O.ClH/c1-15-7-3-6-10-18(15)21-19-14-23(13-17(19)12-22(21)2)20(24)11-16-8-4-5-9-16;/h3,6-7,10,16-17,19,21H,4-5,8-9,11-14H2,1-2H3;1H/t17-,19+,21-;/m0./s1. The van der Waals surface area contributed by atoms with Crippen LogP contribution >= 0.6 is 12.4 Å². The minimum absolute atomic E-state index is 0. The molecule has 1 aromatic rings. The van der Waals surface area contributed by atoms with E-state index in [1.54, 1.807) is 0 Å². The fourth-order valence-corrected chi connectivity index (χ4v) is 5.44. The first-order chi connectivity index (χ1) is 11.6. The van der Waals surface area contributed by atoms with Gasteiger partial charge >= 0.3 is 0 Å². The van der Waals surface area contributed by atoms with Gasteiger partial charge in [0, 0.05) is 38.0 Å². The summed E-state index contributed by atoms with van der Waals surface area (Å²) in [5.74, 6) is 2.33. The van der Waals surface area contributed by atoms with Gasteiger partial charge in [-0.05, 0) is 49.8 Å². The number of carbonyl (C=O) groups is 1. The zero-order chi connectivity index (χ0) is 16.7. The van der Waals surface area contributed by atoms with E-state index in [-0.39, 0.29) is 12.4 Å². The normalized spacial score (nSPS) is 29.7. The van der Waals surface area contributed by atoms with Gasteiger partial charge in [0.1, 0.15) is 0 Å². The second-order valence-electron chi connectivity index (χ2n) is 8.32. The van der Waals surface area contributed by atoms with Crippen LogP contribution in [0.1, 0.15) is 49.3 Å². The zero-order valence-electron chi connectivity index (χ0n) is 15.5. The van der Waals surface area contributed by atoms with Gasteiger partial charge in [0.15, 0.2) is 0 Å². The molecule has 0 bridgehead atoms. The molecule has 1 saturated carbocycles. The van der Waals surface area contributed by atoms with Crippen molar-refractivity contribution in [1.82, 2.24) is 9.80 Å². The molecular weight excluding hydrogens is 332 g/mol. The third-order valence-electron chi connectivity index (χ3n) is 6.69. The average Bonchev–Trinajstić information content (AvgIpc) is 3.24. The molecule has 1 aromatic carbocycles. The minimum Gasteiger partial charge on any atom is -0.342 e. The second-order valence-corrected chi connectivity index (χ2v) is 8.32. The predicted molar refractivity (Wildman–Crippen MR) is 104 cm³/mol. The molecule has 2 heterocycles. The molecule has 0 N–H and O–H groups in total. The molecule has 4 rings (SSSR count). The first-order valence-electron chi connectivity index (χ1n) is 9.67. The highest BCUT2D eigenvalue weighted by atomic mass is 35.5. The lowest BCUT2D eigenvalue weighted by Gasteiger charge is -2.28. The SMILES string of the molecule is Cc1ccccc1[C@H]1[C@@H]2CN(C(=O)CC3CCCC3)C[C@@H]2CN1C.Cl. The topological polar surface area (TPSA) is 23.6 Å². The Morgan fingerprint density at radius 3 is 2.56 bits per heavy atom. The van der Waals surface area contributed by atoms with Crippen LogP contribution < -0.4 is 0 Å². The molecule has 138 valence electrons. The van der Waals surface area contributed by atoms with E-state index in [0.717, 1.165) is 26.1 Å². The fourth-order valence-electron chi connectivity index (χ4n) is 5.44. The van der Waals surface area contributed by atoms with Crippen molar-refractivity contribution in [1.29, 1.82) is 0 Å². The van der Waals surface area contributed by atoms with E-state index in [2.05, 4.69) is 48.0 Å². The van der Waals surface area contributed by atoms with Crippen LogP contribution in [0.2, 0.25) is 0 Å². The van der Waals surface area contributed by atoms with Crippen molar-refractivity contribution in [3.63, 3.8) is 0 Å². The van der Waals surface area contributed by atoms with E-state index < -0.39 is 0 Å². The number of nitrogens with zero attached hydrogens (tertiary/aromatic N) is 2. The Morgan fingerprint density at radius 2 is 1.84 bits per heavy atom. The summed E-state index contributed by atoms with van der Waals surface area (Å²) in [6, 6.07) is 9.25. The minimum atomic E-state index is 0. The highest BCUT2D eigenvalue weighted by molar-refractivity contribution is 5.85. The molecule has 4 heteroatoms. The Morgan fingerprint density at radius 1 is 1.12 bits per heavy atom. The number of fused-ring (bicyclic) bond motifs is 1. The quantitative estimate of drug-likeness (QED) is 0.809. The maximum Gasteiger partial charge on any atom is 0.222 e. The average molecular weight is 363 g/mol. The summed E-state index contributed by atoms with van der Waals surface area (Å²) < 4.78 is 0. The molecule has 0 radical (unpaired) electrons. The Kier molecular flexibility index (Phi) is 5.75. The highest BCUT2D eigenvalue weighted by Gasteiger charge is 2.47. The van der Waals surface area contributed by atoms with E-state index in [1.807, 2.05) is 0 Å². The van der Waals surface area contributed by atoms with Crippen molar-refractivity contribution in [2.75, 3.05) is 26.7 Å². The largest absolute Gasteiger partial charge is 0.342 e. The lowest BCUT2D eigenvalue weighted by Crippen LogP contribution is -2.34. The number of aryl methyl sites for hydroxylation is 1. The van der Waals surface area contributed by atoms with Crippen LogP contribution in [0.5, 0.6) is 0 Å². The van der Waals surface area contributed by atoms with Crippen LogP contribution in [-0.4, -0.2) is 42.4 Å². The first-order valence-corrected chi connectivity index (χ1v) is 9.67. The molecule has 0 spiro atoms. The van der Waals surface area contributed by atoms with Gasteiger partial charge in [-0.3, -0.25) is 9.69 Å². The Bertz CT molecular complexity index is 614. The van der Waals surface area contributed by atoms with Gasteiger partial charge in [-0.1, -0.05) is 37.1 Å². The zero-order valence-corrected chi connectivity index (χ0v) is 16.3. The van der Waals surface area contributed by atoms with Gasteiger partial charge in [0.2, 0.25) is 5.91 Å². The summed E-state index contributed by atoms with van der Waals surface area (Å²) in [6.07, 6.45) is 5.97. The third kappa shape index (κ3) is 3.59. The maximum absolute atomic E-state index is 12.7. The summed E-state index contributed by atoms with van der Waals surface area (Å²) in [5.41, 5.74) is 2.84. The van der Waals surface area contributed by atoms with E-state index in [4.69, 9.17) is 0 Å². The van der Waals surface area contributed by atoms with E-state index >= 15 is 0 Å². The van der Waals surface area contributed by atoms with Gasteiger partial charge in [-0.25, -0.2) is 0 Å². The number of benzene rings is 1. The summed E-state index contributed by atoms with van der Waals surface area (Å²) in [4.78, 5) is 17.4. The molecule has 0 aromatic heterocycles. The molecular formula is C21H31ClN2O. The molecule has 3 atom stereocenters. The molecule has 3 aliphatic rings. The number of likely N-dealkylation sites (tertiary alicyclic amines) is 2. The van der Waals surface area contributed by atoms with Crippen molar-refractivity contribution < 1.29 is 4.79 Å². The molecule has 25 heavy (non-hydrogen) atoms. The van der Waals surface area contributed by atoms with Crippen LogP contribution in [0.25, 0.3) is 0 Å². The summed E-state index contributed by atoms with van der Waals surface area (Å²) >= 11 is 0. The van der Waals surface area contributed by atoms with Gasteiger partial charge in [-0.2, -0.15) is 0 Å². The van der Waals surface area contributed by atoms with Crippen LogP contribution in [0.15, 0.2) is 24.3 Å². The third-order valence-corrected chi connectivity index (χ3v) is 6.69. The second kappa shape index (κ2) is 7.67. The Labute approximate surface area is 158 Å². The van der Waals surface area contributed by atoms with Crippen molar-refractivity contribution >= 4 is 18.3 Å². The fraction of sp³-hybridized carbons (Fsp3) is 0.667. The lowest BCUT2D eigenvalue weighted by molar-refractivity contribution is -0.131. The van der Waals surface area contributed by atoms with Gasteiger partial charge in [0.05, 0.1) is 0 Å². The van der Waals surface area contributed by atoms with Crippen LogP contribution in [0.4, 0.5) is 0 Å². The Hall–Kier alpha value is -1.06. The smallest absolute Gasteiger partial charge is 0.222 e. The van der Waals surface area contributed by atoms with E-state index in [9.17, 15) is 4.79 Å². The van der Waals surface area contributed by atoms with E-state index in [0.29, 0.717) is 29.7 Å². The van der Waals surface area contributed by atoms with Crippen LogP contribution in [0.3, 0.4) is 0 Å². The number of amides is 1. The van der Waals surface area contributed by atoms with Crippen LogP contribution in [-0.2, 0) is 4.79 Å². The van der Waals surface area contributed by atoms with Gasteiger partial charge in [0.25, 0.3) is 0 Å². The predicted octanol–water partition coefficient (Wildman–Crippen LogP) is 4.06. The highest BCUT2D eigenvalue weighted by Crippen LogP contribution is 2.45. The maximum atomic E-state index is 12.7. The van der Waals surface area contributed by atoms with Gasteiger partial charge < -0.3 is 4.90 Å². The molecule has 0 unspecified atom stereocenters. The number of hydrogen-bond donors (Lipinski definition) is 0. The molecule has 2 saturated heterocycles. The number of carbonyl (C=O) groups excluding carboxylic acids is 1. The number of rotatable bonds is 3. The number of hydrogen-bond acceptors (Lipinski definition) is 2. The summed E-state index contributed by atoms with van der Waals surface area (Å²) in [5, 5.41) is 0.